The second-order valence-electron chi connectivity index (χ2n) is 4.37. The van der Waals surface area contributed by atoms with E-state index in [4.69, 9.17) is 0 Å². The number of halogens is 3. The van der Waals surface area contributed by atoms with Crippen LogP contribution in [0.3, 0.4) is 0 Å². The maximum atomic E-state index is 12.2. The van der Waals surface area contributed by atoms with Gasteiger partial charge in [-0.25, -0.2) is 0 Å². The van der Waals surface area contributed by atoms with Crippen LogP contribution in [0.15, 0.2) is 61.2 Å². The van der Waals surface area contributed by atoms with Crippen LogP contribution in [0.25, 0.3) is 16.8 Å². The lowest BCUT2D eigenvalue weighted by Gasteiger charge is -2.11. The minimum absolute atomic E-state index is 0.0862. The summed E-state index contributed by atoms with van der Waals surface area (Å²) in [5, 5.41) is 1.74. The van der Waals surface area contributed by atoms with Crippen molar-refractivity contribution in [3.8, 4) is 11.1 Å². The lowest BCUT2D eigenvalue weighted by Crippen LogP contribution is -2.35. The first kappa shape index (κ1) is 14.8. The van der Waals surface area contributed by atoms with Gasteiger partial charge in [-0.15, -0.1) is 0 Å². The number of hydrogen-bond acceptors (Lipinski definition) is 1. The summed E-state index contributed by atoms with van der Waals surface area (Å²) < 4.78 is 36.5. The van der Waals surface area contributed by atoms with Crippen molar-refractivity contribution in [2.45, 2.75) is 6.18 Å². The van der Waals surface area contributed by atoms with E-state index < -0.39 is 12.1 Å². The zero-order chi connectivity index (χ0) is 15.5. The molecule has 0 unspecified atom stereocenters. The first-order valence-electron chi connectivity index (χ1n) is 6.11. The van der Waals surface area contributed by atoms with Gasteiger partial charge in [-0.1, -0.05) is 61.2 Å². The second-order valence-corrected chi connectivity index (χ2v) is 4.37. The van der Waals surface area contributed by atoms with Gasteiger partial charge in [0.2, 0.25) is 0 Å². The van der Waals surface area contributed by atoms with E-state index in [1.807, 2.05) is 30.3 Å². The maximum absolute atomic E-state index is 12.2. The van der Waals surface area contributed by atoms with Gasteiger partial charge in [-0.2, -0.15) is 13.2 Å². The number of nitrogens with one attached hydrogen (secondary N) is 1. The zero-order valence-corrected chi connectivity index (χ0v) is 10.9. The highest BCUT2D eigenvalue weighted by Crippen LogP contribution is 2.22. The average molecular weight is 291 g/mol. The number of carbonyl (C=O) groups is 1. The molecule has 0 aliphatic carbocycles. The number of rotatable bonds is 3. The normalized spacial score (nSPS) is 11.0. The van der Waals surface area contributed by atoms with Crippen LogP contribution in [-0.4, -0.2) is 12.1 Å². The van der Waals surface area contributed by atoms with E-state index in [-0.39, 0.29) is 5.70 Å². The van der Waals surface area contributed by atoms with Crippen LogP contribution in [0.2, 0.25) is 0 Å². The van der Waals surface area contributed by atoms with Crippen LogP contribution >= 0.6 is 0 Å². The minimum atomic E-state index is -4.92. The second kappa shape index (κ2) is 5.83. The summed E-state index contributed by atoms with van der Waals surface area (Å²) in [6.45, 7) is 3.45. The lowest BCUT2D eigenvalue weighted by molar-refractivity contribution is -0.172. The highest BCUT2D eigenvalue weighted by molar-refractivity contribution is 5.90. The summed E-state index contributed by atoms with van der Waals surface area (Å²) in [6.07, 6.45) is -4.92. The summed E-state index contributed by atoms with van der Waals surface area (Å²) in [5.41, 5.74) is 2.26. The van der Waals surface area contributed by atoms with E-state index in [0.717, 1.165) is 11.1 Å². The Kier molecular flexibility index (Phi) is 4.12. The third-order valence-electron chi connectivity index (χ3n) is 2.86. The van der Waals surface area contributed by atoms with Gasteiger partial charge in [0.1, 0.15) is 0 Å². The van der Waals surface area contributed by atoms with Crippen molar-refractivity contribution in [2.24, 2.45) is 0 Å². The molecule has 0 spiro atoms. The van der Waals surface area contributed by atoms with Crippen molar-refractivity contribution in [3.63, 3.8) is 0 Å². The van der Waals surface area contributed by atoms with Crippen LogP contribution in [0.4, 0.5) is 13.2 Å². The molecule has 0 bridgehead atoms. The van der Waals surface area contributed by atoms with Crippen LogP contribution < -0.4 is 5.32 Å². The molecule has 0 heterocycles. The Morgan fingerprint density at radius 3 is 1.95 bits per heavy atom. The van der Waals surface area contributed by atoms with Crippen molar-refractivity contribution in [3.05, 3.63) is 66.7 Å². The molecule has 0 aliphatic heterocycles. The molecule has 0 saturated heterocycles. The average Bonchev–Trinajstić information content (AvgIpc) is 2.47. The van der Waals surface area contributed by atoms with E-state index in [9.17, 15) is 18.0 Å². The fourth-order valence-corrected chi connectivity index (χ4v) is 1.77. The Labute approximate surface area is 119 Å². The van der Waals surface area contributed by atoms with Gasteiger partial charge in [-0.05, 0) is 16.7 Å². The first-order valence-corrected chi connectivity index (χ1v) is 6.11. The largest absolute Gasteiger partial charge is 0.471 e. The number of alkyl halides is 3. The Bertz CT molecular complexity index is 645. The van der Waals surface area contributed by atoms with Crippen molar-refractivity contribution in [1.82, 2.24) is 5.32 Å². The number of carbonyl (C=O) groups excluding carboxylic acids is 1. The summed E-state index contributed by atoms with van der Waals surface area (Å²) in [6, 6.07) is 16.3. The van der Waals surface area contributed by atoms with Gasteiger partial charge in [0.05, 0.1) is 0 Å². The molecule has 21 heavy (non-hydrogen) atoms. The van der Waals surface area contributed by atoms with Gasteiger partial charge < -0.3 is 5.32 Å². The number of amides is 1. The van der Waals surface area contributed by atoms with Crippen LogP contribution in [0, 0.1) is 0 Å². The highest BCUT2D eigenvalue weighted by Gasteiger charge is 2.38. The van der Waals surface area contributed by atoms with Crippen molar-refractivity contribution in [2.75, 3.05) is 0 Å². The predicted octanol–water partition coefficient (Wildman–Crippen LogP) is 4.00. The summed E-state index contributed by atoms with van der Waals surface area (Å²) in [7, 11) is 0. The SMILES string of the molecule is C=C(NC(=O)C(F)(F)F)c1ccc(-c2ccccc2)cc1. The van der Waals surface area contributed by atoms with E-state index >= 15 is 0 Å². The zero-order valence-electron chi connectivity index (χ0n) is 10.9. The summed E-state index contributed by atoms with van der Waals surface area (Å²) >= 11 is 0. The maximum Gasteiger partial charge on any atom is 0.471 e. The fourth-order valence-electron chi connectivity index (χ4n) is 1.77. The third-order valence-corrected chi connectivity index (χ3v) is 2.86. The first-order chi connectivity index (χ1) is 9.88. The molecule has 1 amide bonds. The molecule has 2 aromatic rings. The molecule has 2 rings (SSSR count). The molecule has 0 saturated carbocycles. The molecular weight excluding hydrogens is 279 g/mol. The Morgan fingerprint density at radius 2 is 1.43 bits per heavy atom. The lowest BCUT2D eigenvalue weighted by atomic mass is 10.0. The molecule has 0 fully saturated rings. The fraction of sp³-hybridized carbons (Fsp3) is 0.0625. The molecule has 2 nitrogen and oxygen atoms in total. The summed E-state index contributed by atoms with van der Waals surface area (Å²) in [5.74, 6) is -2.03. The third kappa shape index (κ3) is 3.72. The number of benzene rings is 2. The molecule has 5 heteroatoms. The Morgan fingerprint density at radius 1 is 0.905 bits per heavy atom. The minimum Gasteiger partial charge on any atom is -0.318 e. The van der Waals surface area contributed by atoms with E-state index in [0.29, 0.717) is 5.56 Å². The van der Waals surface area contributed by atoms with Gasteiger partial charge in [0.25, 0.3) is 0 Å². The highest BCUT2D eigenvalue weighted by atomic mass is 19.4. The smallest absolute Gasteiger partial charge is 0.318 e. The molecule has 0 atom stereocenters. The number of hydrogen-bond donors (Lipinski definition) is 1. The van der Waals surface area contributed by atoms with Crippen LogP contribution in [0.5, 0.6) is 0 Å². The summed E-state index contributed by atoms with van der Waals surface area (Å²) in [4.78, 5) is 10.8. The van der Waals surface area contributed by atoms with Gasteiger partial charge in [-0.3, -0.25) is 4.79 Å². The molecule has 0 radical (unpaired) electrons. The quantitative estimate of drug-likeness (QED) is 0.909. The molecule has 2 aromatic carbocycles. The van der Waals surface area contributed by atoms with Crippen molar-refractivity contribution >= 4 is 11.6 Å². The predicted molar refractivity (Wildman–Crippen MR) is 75.1 cm³/mol. The monoisotopic (exact) mass is 291 g/mol. The standard InChI is InChI=1S/C16H12F3NO/c1-11(20-15(21)16(17,18)19)12-7-9-14(10-8-12)13-5-3-2-4-6-13/h2-10H,1H2,(H,20,21). The Balaban J connectivity index is 2.13. The molecular formula is C16H12F3NO. The molecule has 1 N–H and O–H groups in total. The van der Waals surface area contributed by atoms with Crippen LogP contribution in [0.1, 0.15) is 5.56 Å². The van der Waals surface area contributed by atoms with Gasteiger partial charge in [0.15, 0.2) is 0 Å². The van der Waals surface area contributed by atoms with E-state index in [1.165, 1.54) is 0 Å². The van der Waals surface area contributed by atoms with Crippen LogP contribution in [-0.2, 0) is 4.79 Å². The Hall–Kier alpha value is -2.56. The van der Waals surface area contributed by atoms with Crippen molar-refractivity contribution in [1.29, 1.82) is 0 Å². The van der Waals surface area contributed by atoms with Crippen molar-refractivity contribution < 1.29 is 18.0 Å². The molecule has 108 valence electrons. The van der Waals surface area contributed by atoms with Gasteiger partial charge in [0, 0.05) is 5.70 Å². The van der Waals surface area contributed by atoms with Gasteiger partial charge >= 0.3 is 12.1 Å². The van der Waals surface area contributed by atoms with E-state index in [1.54, 1.807) is 29.6 Å². The molecule has 0 aliphatic rings. The topological polar surface area (TPSA) is 29.1 Å². The molecule has 0 aromatic heterocycles. The van der Waals surface area contributed by atoms with E-state index in [2.05, 4.69) is 6.58 Å².